The fraction of sp³-hybridized carbons (Fsp3) is 0.556. The molecule has 1 saturated heterocycles. The Kier molecular flexibility index (Phi) is 8.22. The molecule has 24 heavy (non-hydrogen) atoms. The topological polar surface area (TPSA) is 70.2 Å². The van der Waals surface area contributed by atoms with Gasteiger partial charge in [0, 0.05) is 23.7 Å². The van der Waals surface area contributed by atoms with Crippen LogP contribution < -0.4 is 16.0 Å². The van der Waals surface area contributed by atoms with Crippen molar-refractivity contribution in [1.82, 2.24) is 10.6 Å². The summed E-state index contributed by atoms with van der Waals surface area (Å²) in [6.45, 7) is 7.83. The zero-order valence-electron chi connectivity index (χ0n) is 14.6. The third kappa shape index (κ3) is 6.13. The number of nitrogens with one attached hydrogen (secondary N) is 3. The second kappa shape index (κ2) is 9.64. The Morgan fingerprint density at radius 1 is 1.33 bits per heavy atom. The summed E-state index contributed by atoms with van der Waals surface area (Å²) in [7, 11) is 0. The van der Waals surface area contributed by atoms with Crippen molar-refractivity contribution in [2.75, 3.05) is 18.4 Å². The average Bonchev–Trinajstić information content (AvgIpc) is 2.97. The van der Waals surface area contributed by atoms with Gasteiger partial charge < -0.3 is 16.0 Å². The number of anilines is 1. The quantitative estimate of drug-likeness (QED) is 0.736. The Balaban J connectivity index is 0.00000288. The molecule has 2 amide bonds. The molecule has 0 aliphatic carbocycles. The maximum absolute atomic E-state index is 12.1. The molecule has 0 saturated carbocycles. The molecule has 5 nitrogen and oxygen atoms in total. The summed E-state index contributed by atoms with van der Waals surface area (Å²) in [6.07, 6.45) is 2.62. The van der Waals surface area contributed by atoms with Crippen LogP contribution in [0.3, 0.4) is 0 Å². The number of carbonyl (C=O) groups is 2. The third-order valence-corrected chi connectivity index (χ3v) is 4.12. The minimum absolute atomic E-state index is 0. The maximum Gasteiger partial charge on any atom is 0.251 e. The molecule has 1 heterocycles. The minimum atomic E-state index is -0.0795. The number of hydrogen-bond acceptors (Lipinski definition) is 3. The van der Waals surface area contributed by atoms with E-state index in [0.29, 0.717) is 17.9 Å². The highest BCUT2D eigenvalue weighted by atomic mass is 35.5. The van der Waals surface area contributed by atoms with E-state index in [4.69, 9.17) is 0 Å². The lowest BCUT2D eigenvalue weighted by Crippen LogP contribution is -2.30. The second-order valence-electron chi connectivity index (χ2n) is 6.60. The van der Waals surface area contributed by atoms with E-state index in [0.717, 1.165) is 37.2 Å². The third-order valence-electron chi connectivity index (χ3n) is 4.12. The van der Waals surface area contributed by atoms with Gasteiger partial charge in [-0.3, -0.25) is 9.59 Å². The Hall–Kier alpha value is -1.59. The van der Waals surface area contributed by atoms with Gasteiger partial charge in [0.05, 0.1) is 0 Å². The van der Waals surface area contributed by atoms with Crippen molar-refractivity contribution < 1.29 is 9.59 Å². The van der Waals surface area contributed by atoms with Crippen LogP contribution in [0.5, 0.6) is 0 Å². The average molecular weight is 354 g/mol. The molecule has 1 aliphatic heterocycles. The highest BCUT2D eigenvalue weighted by Crippen LogP contribution is 2.18. The summed E-state index contributed by atoms with van der Waals surface area (Å²) >= 11 is 0. The van der Waals surface area contributed by atoms with E-state index in [-0.39, 0.29) is 30.3 Å². The molecular formula is C18H28ClN3O2. The van der Waals surface area contributed by atoms with Crippen molar-refractivity contribution >= 4 is 29.9 Å². The zero-order chi connectivity index (χ0) is 16.8. The van der Waals surface area contributed by atoms with E-state index < -0.39 is 0 Å². The van der Waals surface area contributed by atoms with Crippen molar-refractivity contribution in [3.05, 3.63) is 29.3 Å². The highest BCUT2D eigenvalue weighted by molar-refractivity contribution is 5.97. The van der Waals surface area contributed by atoms with E-state index in [1.54, 1.807) is 12.1 Å². The number of carbonyl (C=O) groups excluding carboxylic acids is 2. The molecule has 3 N–H and O–H groups in total. The van der Waals surface area contributed by atoms with Gasteiger partial charge in [0.1, 0.15) is 0 Å². The highest BCUT2D eigenvalue weighted by Gasteiger charge is 2.16. The predicted molar refractivity (Wildman–Crippen MR) is 99.9 cm³/mol. The first-order chi connectivity index (χ1) is 11.0. The lowest BCUT2D eigenvalue weighted by Gasteiger charge is -2.12. The lowest BCUT2D eigenvalue weighted by molar-refractivity contribution is -0.116. The van der Waals surface area contributed by atoms with Crippen LogP contribution in [0.4, 0.5) is 5.69 Å². The first kappa shape index (κ1) is 20.5. The largest absolute Gasteiger partial charge is 0.350 e. The summed E-state index contributed by atoms with van der Waals surface area (Å²) in [4.78, 5) is 24.1. The molecule has 0 spiro atoms. The van der Waals surface area contributed by atoms with Gasteiger partial charge in [-0.25, -0.2) is 0 Å². The molecule has 1 aromatic rings. The number of rotatable bonds is 6. The van der Waals surface area contributed by atoms with Crippen LogP contribution in [0.25, 0.3) is 0 Å². The standard InChI is InChI=1S/C18H27N3O2.ClH/c1-12(2)20-18(23)16-6-5-15(10-13(16)3)21-17(22)7-4-14-8-9-19-11-14;/h5-6,10,12,14,19H,4,7-9,11H2,1-3H3,(H,20,23)(H,21,22);1H. The molecule has 1 atom stereocenters. The van der Waals surface area contributed by atoms with E-state index in [1.807, 2.05) is 26.8 Å². The molecule has 1 aromatic carbocycles. The lowest BCUT2D eigenvalue weighted by atomic mass is 10.0. The zero-order valence-corrected chi connectivity index (χ0v) is 15.5. The number of amides is 2. The van der Waals surface area contributed by atoms with E-state index >= 15 is 0 Å². The van der Waals surface area contributed by atoms with E-state index in [1.165, 1.54) is 0 Å². The Labute approximate surface area is 150 Å². The summed E-state index contributed by atoms with van der Waals surface area (Å²) in [5.41, 5.74) is 2.26. The van der Waals surface area contributed by atoms with Crippen LogP contribution in [-0.2, 0) is 4.79 Å². The molecule has 2 rings (SSSR count). The van der Waals surface area contributed by atoms with Gasteiger partial charge in [0.2, 0.25) is 5.91 Å². The SMILES string of the molecule is Cc1cc(NC(=O)CCC2CCNC2)ccc1C(=O)NC(C)C.Cl. The van der Waals surface area contributed by atoms with Gasteiger partial charge in [0.25, 0.3) is 5.91 Å². The van der Waals surface area contributed by atoms with Crippen LogP contribution in [0, 0.1) is 12.8 Å². The van der Waals surface area contributed by atoms with Crippen LogP contribution in [0.2, 0.25) is 0 Å². The Morgan fingerprint density at radius 2 is 2.08 bits per heavy atom. The maximum atomic E-state index is 12.1. The van der Waals surface area contributed by atoms with Crippen molar-refractivity contribution in [1.29, 1.82) is 0 Å². The van der Waals surface area contributed by atoms with Crippen molar-refractivity contribution in [2.45, 2.75) is 46.1 Å². The Bertz CT molecular complexity index is 569. The molecule has 0 aromatic heterocycles. The molecule has 1 aliphatic rings. The van der Waals surface area contributed by atoms with E-state index in [2.05, 4.69) is 16.0 Å². The number of aryl methyl sites for hydroxylation is 1. The minimum Gasteiger partial charge on any atom is -0.350 e. The van der Waals surface area contributed by atoms with Crippen molar-refractivity contribution in [2.24, 2.45) is 5.92 Å². The molecule has 6 heteroatoms. The van der Waals surface area contributed by atoms with Crippen LogP contribution in [-0.4, -0.2) is 30.9 Å². The van der Waals surface area contributed by atoms with Gasteiger partial charge in [-0.05, 0) is 76.4 Å². The fourth-order valence-electron chi connectivity index (χ4n) is 2.86. The van der Waals surface area contributed by atoms with Gasteiger partial charge in [-0.1, -0.05) is 0 Å². The molecular weight excluding hydrogens is 326 g/mol. The summed E-state index contributed by atoms with van der Waals surface area (Å²) in [6, 6.07) is 5.51. The second-order valence-corrected chi connectivity index (χ2v) is 6.60. The van der Waals surface area contributed by atoms with Gasteiger partial charge in [-0.15, -0.1) is 12.4 Å². The summed E-state index contributed by atoms with van der Waals surface area (Å²) < 4.78 is 0. The molecule has 134 valence electrons. The molecule has 1 fully saturated rings. The smallest absolute Gasteiger partial charge is 0.251 e. The fourth-order valence-corrected chi connectivity index (χ4v) is 2.86. The monoisotopic (exact) mass is 353 g/mol. The number of halogens is 1. The van der Waals surface area contributed by atoms with Crippen LogP contribution in [0.15, 0.2) is 18.2 Å². The van der Waals surface area contributed by atoms with Gasteiger partial charge in [-0.2, -0.15) is 0 Å². The molecule has 0 bridgehead atoms. The van der Waals surface area contributed by atoms with Crippen molar-refractivity contribution in [3.63, 3.8) is 0 Å². The van der Waals surface area contributed by atoms with Gasteiger partial charge >= 0.3 is 0 Å². The van der Waals surface area contributed by atoms with Crippen LogP contribution >= 0.6 is 12.4 Å². The van der Waals surface area contributed by atoms with Crippen LogP contribution in [0.1, 0.15) is 49.0 Å². The van der Waals surface area contributed by atoms with Crippen molar-refractivity contribution in [3.8, 4) is 0 Å². The number of benzene rings is 1. The molecule has 1 unspecified atom stereocenters. The van der Waals surface area contributed by atoms with E-state index in [9.17, 15) is 9.59 Å². The molecule has 0 radical (unpaired) electrons. The normalized spacial score (nSPS) is 16.6. The first-order valence-corrected chi connectivity index (χ1v) is 8.38. The summed E-state index contributed by atoms with van der Waals surface area (Å²) in [5.74, 6) is 0.574. The summed E-state index contributed by atoms with van der Waals surface area (Å²) in [5, 5.41) is 9.12. The van der Waals surface area contributed by atoms with Gasteiger partial charge in [0.15, 0.2) is 0 Å². The first-order valence-electron chi connectivity index (χ1n) is 8.38. The number of hydrogen-bond donors (Lipinski definition) is 3. The predicted octanol–water partition coefficient (Wildman–Crippen LogP) is 2.88. The Morgan fingerprint density at radius 3 is 2.67 bits per heavy atom.